The van der Waals surface area contributed by atoms with Crippen molar-refractivity contribution in [3.63, 3.8) is 0 Å². The molecule has 2 N–H and O–H groups in total. The Bertz CT molecular complexity index is 1030. The van der Waals surface area contributed by atoms with E-state index in [1.54, 1.807) is 30.3 Å². The summed E-state index contributed by atoms with van der Waals surface area (Å²) in [7, 11) is 0. The van der Waals surface area contributed by atoms with E-state index < -0.39 is 0 Å². The first-order chi connectivity index (χ1) is 15.0. The van der Waals surface area contributed by atoms with Gasteiger partial charge in [0.1, 0.15) is 11.4 Å². The third-order valence-electron chi connectivity index (χ3n) is 4.39. The fourth-order valence-electron chi connectivity index (χ4n) is 2.90. The van der Waals surface area contributed by atoms with Crippen LogP contribution in [0.2, 0.25) is 0 Å². The molecule has 0 heterocycles. The zero-order chi connectivity index (χ0) is 22.1. The molecular weight excluding hydrogens is 388 g/mol. The van der Waals surface area contributed by atoms with Gasteiger partial charge in [0.05, 0.1) is 6.10 Å². The molecule has 3 aromatic carbocycles. The smallest absolute Gasteiger partial charge is 0.268 e. The molecule has 0 spiro atoms. The molecule has 2 amide bonds. The normalized spacial score (nSPS) is 11.1. The van der Waals surface area contributed by atoms with Crippen molar-refractivity contribution in [1.82, 2.24) is 10.6 Å². The van der Waals surface area contributed by atoms with Crippen LogP contribution in [-0.2, 0) is 11.3 Å². The Labute approximate surface area is 182 Å². The third-order valence-corrected chi connectivity index (χ3v) is 4.39. The predicted octanol–water partition coefficient (Wildman–Crippen LogP) is 4.56. The van der Waals surface area contributed by atoms with Crippen molar-refractivity contribution in [2.75, 3.05) is 0 Å². The summed E-state index contributed by atoms with van der Waals surface area (Å²) in [6.07, 6.45) is 1.73. The molecule has 0 aliphatic carbocycles. The summed E-state index contributed by atoms with van der Waals surface area (Å²) in [6.45, 7) is 4.28. The minimum Gasteiger partial charge on any atom is -0.491 e. The van der Waals surface area contributed by atoms with Crippen LogP contribution in [0, 0.1) is 0 Å². The number of rotatable bonds is 8. The Morgan fingerprint density at radius 2 is 1.48 bits per heavy atom. The largest absolute Gasteiger partial charge is 0.491 e. The summed E-state index contributed by atoms with van der Waals surface area (Å²) >= 11 is 0. The molecule has 158 valence electrons. The molecule has 31 heavy (non-hydrogen) atoms. The molecule has 0 aromatic heterocycles. The van der Waals surface area contributed by atoms with E-state index in [9.17, 15) is 9.59 Å². The standard InChI is InChI=1S/C26H26N2O3/c1-19(2)31-23-15-13-20(14-16-23)17-24(28-25(29)22-11-7-4-8-12-22)26(30)27-18-21-9-5-3-6-10-21/h3-17,19H,18H2,1-2H3,(H,27,30)(H,28,29)/b24-17+. The minimum absolute atomic E-state index is 0.0749. The fourth-order valence-corrected chi connectivity index (χ4v) is 2.90. The van der Waals surface area contributed by atoms with E-state index in [1.807, 2.05) is 74.5 Å². The van der Waals surface area contributed by atoms with E-state index in [0.29, 0.717) is 12.1 Å². The molecule has 0 radical (unpaired) electrons. The van der Waals surface area contributed by atoms with E-state index in [-0.39, 0.29) is 23.6 Å². The van der Waals surface area contributed by atoms with Gasteiger partial charge in [0, 0.05) is 12.1 Å². The van der Waals surface area contributed by atoms with E-state index in [0.717, 1.165) is 16.9 Å². The van der Waals surface area contributed by atoms with E-state index in [4.69, 9.17) is 4.74 Å². The second-order valence-electron chi connectivity index (χ2n) is 7.28. The van der Waals surface area contributed by atoms with Crippen molar-refractivity contribution < 1.29 is 14.3 Å². The van der Waals surface area contributed by atoms with Crippen LogP contribution in [-0.4, -0.2) is 17.9 Å². The molecule has 5 nitrogen and oxygen atoms in total. The van der Waals surface area contributed by atoms with Crippen LogP contribution >= 0.6 is 0 Å². The minimum atomic E-state index is -0.365. The van der Waals surface area contributed by atoms with Gasteiger partial charge in [-0.3, -0.25) is 9.59 Å². The molecule has 3 rings (SSSR count). The molecule has 0 unspecified atom stereocenters. The highest BCUT2D eigenvalue weighted by atomic mass is 16.5. The van der Waals surface area contributed by atoms with Gasteiger partial charge >= 0.3 is 0 Å². The molecule has 0 aliphatic heterocycles. The fraction of sp³-hybridized carbons (Fsp3) is 0.154. The molecule has 0 bridgehead atoms. The zero-order valence-electron chi connectivity index (χ0n) is 17.7. The SMILES string of the molecule is CC(C)Oc1ccc(/C=C(/NC(=O)c2ccccc2)C(=O)NCc2ccccc2)cc1. The first-order valence-corrected chi connectivity index (χ1v) is 10.2. The number of amides is 2. The van der Waals surface area contributed by atoms with Crippen molar-refractivity contribution in [1.29, 1.82) is 0 Å². The summed E-state index contributed by atoms with van der Waals surface area (Å²) in [6, 6.07) is 25.8. The van der Waals surface area contributed by atoms with Gasteiger partial charge in [-0.2, -0.15) is 0 Å². The summed E-state index contributed by atoms with van der Waals surface area (Å²) in [5, 5.41) is 5.61. The van der Waals surface area contributed by atoms with Gasteiger partial charge in [-0.1, -0.05) is 60.7 Å². The quantitative estimate of drug-likeness (QED) is 0.531. The lowest BCUT2D eigenvalue weighted by Crippen LogP contribution is -2.34. The van der Waals surface area contributed by atoms with Gasteiger partial charge in [0.15, 0.2) is 0 Å². The van der Waals surface area contributed by atoms with Gasteiger partial charge < -0.3 is 15.4 Å². The highest BCUT2D eigenvalue weighted by Crippen LogP contribution is 2.16. The highest BCUT2D eigenvalue weighted by Gasteiger charge is 2.14. The zero-order valence-corrected chi connectivity index (χ0v) is 17.7. The van der Waals surface area contributed by atoms with Crippen molar-refractivity contribution in [2.24, 2.45) is 0 Å². The number of ether oxygens (including phenoxy) is 1. The van der Waals surface area contributed by atoms with E-state index in [1.165, 1.54) is 0 Å². The Hall–Kier alpha value is -3.86. The first-order valence-electron chi connectivity index (χ1n) is 10.2. The van der Waals surface area contributed by atoms with Crippen LogP contribution in [0.25, 0.3) is 6.08 Å². The van der Waals surface area contributed by atoms with Crippen LogP contribution in [0.3, 0.4) is 0 Å². The third kappa shape index (κ3) is 6.85. The maximum absolute atomic E-state index is 12.9. The monoisotopic (exact) mass is 414 g/mol. The topological polar surface area (TPSA) is 67.4 Å². The Balaban J connectivity index is 1.79. The van der Waals surface area contributed by atoms with E-state index in [2.05, 4.69) is 10.6 Å². The van der Waals surface area contributed by atoms with E-state index >= 15 is 0 Å². The van der Waals surface area contributed by atoms with Crippen LogP contribution < -0.4 is 15.4 Å². The second-order valence-corrected chi connectivity index (χ2v) is 7.28. The lowest BCUT2D eigenvalue weighted by Gasteiger charge is -2.12. The Morgan fingerprint density at radius 3 is 2.10 bits per heavy atom. The van der Waals surface area contributed by atoms with Crippen LogP contribution in [0.15, 0.2) is 90.6 Å². The van der Waals surface area contributed by atoms with Crippen molar-refractivity contribution in [3.05, 3.63) is 107 Å². The molecule has 3 aromatic rings. The van der Waals surface area contributed by atoms with Gasteiger partial charge in [-0.25, -0.2) is 0 Å². The van der Waals surface area contributed by atoms with Crippen LogP contribution in [0.5, 0.6) is 5.75 Å². The molecular formula is C26H26N2O3. The molecule has 5 heteroatoms. The van der Waals surface area contributed by atoms with Crippen LogP contribution in [0.4, 0.5) is 0 Å². The average molecular weight is 415 g/mol. The number of nitrogens with one attached hydrogen (secondary N) is 2. The number of carbonyl (C=O) groups excluding carboxylic acids is 2. The maximum Gasteiger partial charge on any atom is 0.268 e. The van der Waals surface area contributed by atoms with Gasteiger partial charge in [0.25, 0.3) is 11.8 Å². The Kier molecular flexibility index (Phi) is 7.60. The summed E-state index contributed by atoms with van der Waals surface area (Å²) < 4.78 is 5.66. The van der Waals surface area contributed by atoms with Gasteiger partial charge in [-0.05, 0) is 55.3 Å². The lowest BCUT2D eigenvalue weighted by molar-refractivity contribution is -0.117. The number of hydrogen-bond donors (Lipinski definition) is 2. The molecule has 0 aliphatic rings. The lowest BCUT2D eigenvalue weighted by atomic mass is 10.1. The second kappa shape index (κ2) is 10.8. The molecule has 0 saturated heterocycles. The Morgan fingerprint density at radius 1 is 0.871 bits per heavy atom. The van der Waals surface area contributed by atoms with Crippen molar-refractivity contribution in [3.8, 4) is 5.75 Å². The average Bonchev–Trinajstić information content (AvgIpc) is 2.79. The summed E-state index contributed by atoms with van der Waals surface area (Å²) in [4.78, 5) is 25.5. The number of carbonyl (C=O) groups is 2. The summed E-state index contributed by atoms with van der Waals surface area (Å²) in [5.74, 6) is 0.0349. The molecule has 0 saturated carbocycles. The predicted molar refractivity (Wildman–Crippen MR) is 122 cm³/mol. The van der Waals surface area contributed by atoms with Gasteiger partial charge in [-0.15, -0.1) is 0 Å². The van der Waals surface area contributed by atoms with Crippen molar-refractivity contribution in [2.45, 2.75) is 26.5 Å². The van der Waals surface area contributed by atoms with Gasteiger partial charge in [0.2, 0.25) is 0 Å². The summed E-state index contributed by atoms with van der Waals surface area (Å²) in [5.41, 5.74) is 2.39. The highest BCUT2D eigenvalue weighted by molar-refractivity contribution is 6.05. The molecule has 0 fully saturated rings. The van der Waals surface area contributed by atoms with Crippen LogP contribution in [0.1, 0.15) is 35.3 Å². The van der Waals surface area contributed by atoms with Crippen molar-refractivity contribution >= 4 is 17.9 Å². The maximum atomic E-state index is 12.9. The first kappa shape index (κ1) is 21.8. The number of hydrogen-bond acceptors (Lipinski definition) is 3. The molecule has 0 atom stereocenters. The number of benzene rings is 3.